The third kappa shape index (κ3) is 3.32. The highest BCUT2D eigenvalue weighted by Crippen LogP contribution is 2.29. The van der Waals surface area contributed by atoms with Crippen LogP contribution in [0.3, 0.4) is 0 Å². The van der Waals surface area contributed by atoms with Crippen LogP contribution in [0.4, 0.5) is 16.3 Å². The van der Waals surface area contributed by atoms with Crippen LogP contribution in [-0.2, 0) is 10.2 Å². The molecule has 0 spiro atoms. The molecule has 3 N–H and O–H groups in total. The van der Waals surface area contributed by atoms with Gasteiger partial charge in [0.25, 0.3) is 5.91 Å². The van der Waals surface area contributed by atoms with E-state index in [2.05, 4.69) is 58.9 Å². The molecule has 0 saturated carbocycles. The number of urea groups is 1. The number of amides is 3. The topological polar surface area (TPSA) is 100 Å². The van der Waals surface area contributed by atoms with Crippen molar-refractivity contribution in [3.8, 4) is 0 Å². The largest absolute Gasteiger partial charge is 0.338 e. The zero-order valence-electron chi connectivity index (χ0n) is 15.8. The lowest BCUT2D eigenvalue weighted by atomic mass is 9.87. The number of rotatable bonds is 3. The Morgan fingerprint density at radius 3 is 2.68 bits per heavy atom. The van der Waals surface area contributed by atoms with Gasteiger partial charge in [-0.25, -0.2) is 14.3 Å². The molecule has 3 aromatic rings. The molecule has 4 rings (SSSR count). The van der Waals surface area contributed by atoms with Gasteiger partial charge in [0.05, 0.1) is 5.56 Å². The summed E-state index contributed by atoms with van der Waals surface area (Å²) in [5, 5.41) is 12.5. The maximum absolute atomic E-state index is 11.9. The second-order valence-electron chi connectivity index (χ2n) is 7.57. The van der Waals surface area contributed by atoms with E-state index in [1.54, 1.807) is 29.1 Å². The third-order valence-corrected chi connectivity index (χ3v) is 4.43. The number of anilines is 2. The molecular formula is C20H20N6O2. The van der Waals surface area contributed by atoms with Crippen molar-refractivity contribution in [1.29, 1.82) is 0 Å². The number of benzene rings is 1. The predicted octanol–water partition coefficient (Wildman–Crippen LogP) is 2.95. The first-order valence-electron chi connectivity index (χ1n) is 8.86. The Morgan fingerprint density at radius 1 is 1.14 bits per heavy atom. The van der Waals surface area contributed by atoms with Gasteiger partial charge in [0, 0.05) is 18.1 Å². The molecule has 0 atom stereocenters. The quantitative estimate of drug-likeness (QED) is 0.482. The van der Waals surface area contributed by atoms with Crippen molar-refractivity contribution >= 4 is 35.2 Å². The maximum atomic E-state index is 11.9. The van der Waals surface area contributed by atoms with Crippen molar-refractivity contribution in [2.24, 2.45) is 0 Å². The Balaban J connectivity index is 1.79. The summed E-state index contributed by atoms with van der Waals surface area (Å²) in [6.45, 7) is 6.45. The molecule has 0 aliphatic carbocycles. The third-order valence-electron chi connectivity index (χ3n) is 4.43. The molecule has 1 aliphatic heterocycles. The van der Waals surface area contributed by atoms with E-state index in [1.165, 1.54) is 5.56 Å². The number of carbonyl (C=O) groups excluding carboxylic acids is 2. The summed E-state index contributed by atoms with van der Waals surface area (Å²) in [7, 11) is 0. The predicted molar refractivity (Wildman–Crippen MR) is 106 cm³/mol. The molecule has 142 valence electrons. The number of imide groups is 1. The minimum Gasteiger partial charge on any atom is -0.338 e. The van der Waals surface area contributed by atoms with Crippen molar-refractivity contribution in [3.05, 3.63) is 59.5 Å². The van der Waals surface area contributed by atoms with Gasteiger partial charge in [0.2, 0.25) is 0 Å². The van der Waals surface area contributed by atoms with Gasteiger partial charge in [-0.05, 0) is 35.3 Å². The lowest BCUT2D eigenvalue weighted by Gasteiger charge is -2.19. The van der Waals surface area contributed by atoms with Crippen molar-refractivity contribution < 1.29 is 9.59 Å². The fourth-order valence-electron chi connectivity index (χ4n) is 2.96. The standard InChI is InChI=1S/C20H20N6O2/c1-20(2,3)12-6-4-7-13(10-12)22-16-14(11-15-18(27)24-19(28)23-15)17-21-8-5-9-26(17)25-16/h4-11H,1-3H3,(H,22,25)(H2,23,24,27,28)/b15-11-. The first-order valence-corrected chi connectivity index (χ1v) is 8.86. The average Bonchev–Trinajstić information content (AvgIpc) is 3.14. The van der Waals surface area contributed by atoms with Crippen LogP contribution in [0.1, 0.15) is 31.9 Å². The fourth-order valence-corrected chi connectivity index (χ4v) is 2.96. The summed E-state index contributed by atoms with van der Waals surface area (Å²) >= 11 is 0. The Kier molecular flexibility index (Phi) is 4.11. The minimum atomic E-state index is -0.548. The fraction of sp³-hybridized carbons (Fsp3) is 0.200. The van der Waals surface area contributed by atoms with E-state index in [0.717, 1.165) is 5.69 Å². The molecule has 8 heteroatoms. The van der Waals surface area contributed by atoms with Crippen LogP contribution in [-0.4, -0.2) is 26.5 Å². The molecule has 8 nitrogen and oxygen atoms in total. The van der Waals surface area contributed by atoms with Crippen LogP contribution >= 0.6 is 0 Å². The zero-order chi connectivity index (χ0) is 19.9. The summed E-state index contributed by atoms with van der Waals surface area (Å²) in [5.41, 5.74) is 3.39. The van der Waals surface area contributed by atoms with Gasteiger partial charge in [0.15, 0.2) is 11.5 Å². The molecule has 0 radical (unpaired) electrons. The van der Waals surface area contributed by atoms with E-state index < -0.39 is 11.9 Å². The lowest BCUT2D eigenvalue weighted by molar-refractivity contribution is -0.115. The summed E-state index contributed by atoms with van der Waals surface area (Å²) in [6, 6.07) is 9.31. The number of hydrogen-bond acceptors (Lipinski definition) is 5. The van der Waals surface area contributed by atoms with E-state index in [9.17, 15) is 9.59 Å². The second kappa shape index (κ2) is 6.49. The van der Waals surface area contributed by atoms with Crippen molar-refractivity contribution in [2.45, 2.75) is 26.2 Å². The zero-order valence-corrected chi connectivity index (χ0v) is 15.8. The van der Waals surface area contributed by atoms with Gasteiger partial charge >= 0.3 is 6.03 Å². The molecule has 1 aliphatic rings. The van der Waals surface area contributed by atoms with E-state index in [4.69, 9.17) is 0 Å². The van der Waals surface area contributed by atoms with Crippen LogP contribution in [0.5, 0.6) is 0 Å². The number of nitrogens with zero attached hydrogens (tertiary/aromatic N) is 3. The summed E-state index contributed by atoms with van der Waals surface area (Å²) < 4.78 is 1.62. The minimum absolute atomic E-state index is 0.00911. The molecule has 3 heterocycles. The number of aromatic nitrogens is 3. The second-order valence-corrected chi connectivity index (χ2v) is 7.57. The Labute approximate surface area is 161 Å². The first kappa shape index (κ1) is 17.7. The highest BCUT2D eigenvalue weighted by Gasteiger charge is 2.25. The molecule has 2 aromatic heterocycles. The summed E-state index contributed by atoms with van der Waals surface area (Å²) in [6.07, 6.45) is 5.00. The summed E-state index contributed by atoms with van der Waals surface area (Å²) in [4.78, 5) is 27.7. The SMILES string of the molecule is CC(C)(C)c1cccc(Nc2nn3cccnc3c2/C=C2\NC(=O)NC2=O)c1. The molecule has 1 saturated heterocycles. The first-order chi connectivity index (χ1) is 13.3. The van der Waals surface area contributed by atoms with Gasteiger partial charge in [-0.15, -0.1) is 5.10 Å². The van der Waals surface area contributed by atoms with Crippen LogP contribution < -0.4 is 16.0 Å². The van der Waals surface area contributed by atoms with Crippen LogP contribution in [0, 0.1) is 0 Å². The maximum Gasteiger partial charge on any atom is 0.326 e. The molecule has 0 bridgehead atoms. The van der Waals surface area contributed by atoms with Gasteiger partial charge in [-0.2, -0.15) is 0 Å². The van der Waals surface area contributed by atoms with Crippen LogP contribution in [0.25, 0.3) is 11.7 Å². The molecule has 3 amide bonds. The highest BCUT2D eigenvalue weighted by atomic mass is 16.2. The van der Waals surface area contributed by atoms with Gasteiger partial charge in [0.1, 0.15) is 5.70 Å². The Bertz CT molecular complexity index is 1120. The molecule has 1 fully saturated rings. The van der Waals surface area contributed by atoms with E-state index in [0.29, 0.717) is 17.0 Å². The normalized spacial score (nSPS) is 15.8. The Morgan fingerprint density at radius 2 is 1.96 bits per heavy atom. The number of fused-ring (bicyclic) bond motifs is 1. The van der Waals surface area contributed by atoms with Crippen molar-refractivity contribution in [1.82, 2.24) is 25.2 Å². The summed E-state index contributed by atoms with van der Waals surface area (Å²) in [5.74, 6) is 0.0483. The van der Waals surface area contributed by atoms with Gasteiger partial charge < -0.3 is 10.6 Å². The van der Waals surface area contributed by atoms with Crippen LogP contribution in [0.15, 0.2) is 48.4 Å². The van der Waals surface area contributed by atoms with Gasteiger partial charge in [-0.1, -0.05) is 32.9 Å². The average molecular weight is 376 g/mol. The smallest absolute Gasteiger partial charge is 0.326 e. The van der Waals surface area contributed by atoms with Crippen LogP contribution in [0.2, 0.25) is 0 Å². The number of nitrogens with one attached hydrogen (secondary N) is 3. The molecule has 28 heavy (non-hydrogen) atoms. The van der Waals surface area contributed by atoms with E-state index >= 15 is 0 Å². The van der Waals surface area contributed by atoms with Gasteiger partial charge in [-0.3, -0.25) is 10.1 Å². The van der Waals surface area contributed by atoms with Crippen molar-refractivity contribution in [3.63, 3.8) is 0 Å². The Hall–Kier alpha value is -3.68. The highest BCUT2D eigenvalue weighted by molar-refractivity contribution is 6.14. The molecule has 0 unspecified atom stereocenters. The monoisotopic (exact) mass is 376 g/mol. The molecule has 1 aromatic carbocycles. The van der Waals surface area contributed by atoms with E-state index in [-0.39, 0.29) is 11.1 Å². The van der Waals surface area contributed by atoms with Crippen molar-refractivity contribution in [2.75, 3.05) is 5.32 Å². The van der Waals surface area contributed by atoms with E-state index in [1.807, 2.05) is 12.1 Å². The number of carbonyl (C=O) groups is 2. The molecular weight excluding hydrogens is 356 g/mol. The number of hydrogen-bond donors (Lipinski definition) is 3. The lowest BCUT2D eigenvalue weighted by Crippen LogP contribution is -2.22.